The Morgan fingerprint density at radius 2 is 1.50 bits per heavy atom. The Labute approximate surface area is 152 Å². The zero-order valence-electron chi connectivity index (χ0n) is 16.4. The Morgan fingerprint density at radius 1 is 1.04 bits per heavy atom. The topological polar surface area (TPSA) is 20.3 Å². The highest BCUT2D eigenvalue weighted by Crippen LogP contribution is 2.50. The summed E-state index contributed by atoms with van der Waals surface area (Å²) in [7, 11) is 0. The molecule has 2 nitrogen and oxygen atoms in total. The molecule has 2 rings (SSSR count). The number of nitrogens with zero attached hydrogens (tertiary/aromatic N) is 1. The fourth-order valence-electron chi connectivity index (χ4n) is 4.08. The van der Waals surface area contributed by atoms with E-state index in [0.29, 0.717) is 11.8 Å². The van der Waals surface area contributed by atoms with E-state index in [4.69, 9.17) is 11.6 Å². The number of rotatable bonds is 3. The van der Waals surface area contributed by atoms with Crippen LogP contribution in [-0.2, 0) is 4.79 Å². The molecule has 1 saturated heterocycles. The summed E-state index contributed by atoms with van der Waals surface area (Å²) in [4.78, 5) is 15.2. The van der Waals surface area contributed by atoms with Gasteiger partial charge in [0.25, 0.3) is 0 Å². The number of piperidine rings is 1. The summed E-state index contributed by atoms with van der Waals surface area (Å²) < 4.78 is 0. The molecule has 1 aromatic rings. The average molecular weight is 350 g/mol. The predicted molar refractivity (Wildman–Crippen MR) is 104 cm³/mol. The standard InChI is InChI=1S/C21H32ClNO/c1-13(2)15-10-9-11-16(14(3)4)17(15)23-18(22)20(5,6)12-21(7,8)19(23)24/h9-11,13-14,18H,12H2,1-8H3. The van der Waals surface area contributed by atoms with Crippen molar-refractivity contribution in [2.24, 2.45) is 10.8 Å². The van der Waals surface area contributed by atoms with Crippen molar-refractivity contribution >= 4 is 23.2 Å². The maximum atomic E-state index is 13.3. The van der Waals surface area contributed by atoms with Crippen LogP contribution in [0.5, 0.6) is 0 Å². The molecule has 24 heavy (non-hydrogen) atoms. The highest BCUT2D eigenvalue weighted by atomic mass is 35.5. The molecule has 1 atom stereocenters. The molecular weight excluding hydrogens is 318 g/mol. The SMILES string of the molecule is CC(C)c1cccc(C(C)C)c1N1C(=O)C(C)(C)CC(C)(C)C1Cl. The van der Waals surface area contributed by atoms with Gasteiger partial charge in [-0.1, -0.05) is 85.2 Å². The minimum atomic E-state index is -0.409. The van der Waals surface area contributed by atoms with E-state index >= 15 is 0 Å². The van der Waals surface area contributed by atoms with E-state index in [9.17, 15) is 4.79 Å². The Bertz CT molecular complexity index is 604. The normalized spacial score (nSPS) is 23.2. The lowest BCUT2D eigenvalue weighted by Crippen LogP contribution is -2.57. The number of carbonyl (C=O) groups is 1. The number of hydrogen-bond acceptors (Lipinski definition) is 1. The largest absolute Gasteiger partial charge is 0.294 e. The van der Waals surface area contributed by atoms with Crippen LogP contribution in [0.4, 0.5) is 5.69 Å². The van der Waals surface area contributed by atoms with E-state index in [1.165, 1.54) is 11.1 Å². The van der Waals surface area contributed by atoms with Gasteiger partial charge in [-0.3, -0.25) is 9.69 Å². The van der Waals surface area contributed by atoms with E-state index in [1.807, 2.05) is 18.7 Å². The molecule has 1 aliphatic heterocycles. The molecule has 1 heterocycles. The van der Waals surface area contributed by atoms with Gasteiger partial charge in [-0.05, 0) is 29.4 Å². The van der Waals surface area contributed by atoms with E-state index in [2.05, 4.69) is 59.7 Å². The van der Waals surface area contributed by atoms with Gasteiger partial charge in [-0.25, -0.2) is 0 Å². The predicted octanol–water partition coefficient (Wildman–Crippen LogP) is 6.29. The molecule has 1 amide bonds. The van der Waals surface area contributed by atoms with E-state index in [-0.39, 0.29) is 16.8 Å². The third kappa shape index (κ3) is 3.22. The number of benzene rings is 1. The third-order valence-corrected chi connectivity index (χ3v) is 5.94. The van der Waals surface area contributed by atoms with Crippen molar-refractivity contribution in [3.8, 4) is 0 Å². The third-order valence-electron chi connectivity index (χ3n) is 5.15. The molecule has 0 N–H and O–H groups in total. The van der Waals surface area contributed by atoms with E-state index in [0.717, 1.165) is 12.1 Å². The van der Waals surface area contributed by atoms with Crippen molar-refractivity contribution in [1.29, 1.82) is 0 Å². The van der Waals surface area contributed by atoms with Gasteiger partial charge in [0.05, 0.1) is 5.69 Å². The second-order valence-corrected chi connectivity index (χ2v) is 9.57. The van der Waals surface area contributed by atoms with Crippen molar-refractivity contribution in [2.75, 3.05) is 4.90 Å². The maximum Gasteiger partial charge on any atom is 0.233 e. The maximum absolute atomic E-state index is 13.3. The van der Waals surface area contributed by atoms with Crippen LogP contribution in [-0.4, -0.2) is 11.4 Å². The Morgan fingerprint density at radius 3 is 1.92 bits per heavy atom. The van der Waals surface area contributed by atoms with Crippen LogP contribution in [0.3, 0.4) is 0 Å². The van der Waals surface area contributed by atoms with Gasteiger partial charge < -0.3 is 0 Å². The summed E-state index contributed by atoms with van der Waals surface area (Å²) in [5.41, 5.74) is 2.55. The molecule has 0 radical (unpaired) electrons. The van der Waals surface area contributed by atoms with Crippen molar-refractivity contribution in [1.82, 2.24) is 0 Å². The molecule has 0 saturated carbocycles. The first-order valence-electron chi connectivity index (χ1n) is 9.00. The Kier molecular flexibility index (Phi) is 5.12. The molecule has 0 aliphatic carbocycles. The van der Waals surface area contributed by atoms with Crippen LogP contribution in [0, 0.1) is 10.8 Å². The van der Waals surface area contributed by atoms with Crippen LogP contribution in [0.2, 0.25) is 0 Å². The second-order valence-electron chi connectivity index (χ2n) is 9.15. The molecule has 1 fully saturated rings. The average Bonchev–Trinajstić information content (AvgIpc) is 2.44. The van der Waals surface area contributed by atoms with Crippen molar-refractivity contribution in [2.45, 2.75) is 79.1 Å². The Balaban J connectivity index is 2.74. The van der Waals surface area contributed by atoms with Gasteiger partial charge >= 0.3 is 0 Å². The molecule has 0 bridgehead atoms. The zero-order valence-corrected chi connectivity index (χ0v) is 17.2. The monoisotopic (exact) mass is 349 g/mol. The number of alkyl halides is 1. The summed E-state index contributed by atoms with van der Waals surface area (Å²) in [5, 5.41) is 0. The lowest BCUT2D eigenvalue weighted by molar-refractivity contribution is -0.131. The van der Waals surface area contributed by atoms with E-state index in [1.54, 1.807) is 0 Å². The molecule has 0 aromatic heterocycles. The van der Waals surface area contributed by atoms with E-state index < -0.39 is 5.41 Å². The summed E-state index contributed by atoms with van der Waals surface area (Å²) >= 11 is 6.89. The van der Waals surface area contributed by atoms with Crippen LogP contribution in [0.25, 0.3) is 0 Å². The highest BCUT2D eigenvalue weighted by Gasteiger charge is 2.51. The molecule has 134 valence electrons. The number of halogens is 1. The minimum Gasteiger partial charge on any atom is -0.294 e. The number of amides is 1. The first-order valence-corrected chi connectivity index (χ1v) is 9.44. The fraction of sp³-hybridized carbons (Fsp3) is 0.667. The minimum absolute atomic E-state index is 0.136. The molecule has 1 unspecified atom stereocenters. The van der Waals surface area contributed by atoms with Gasteiger partial charge in [0.15, 0.2) is 0 Å². The summed E-state index contributed by atoms with van der Waals surface area (Å²) in [5.74, 6) is 0.809. The number of para-hydroxylation sites is 1. The fourth-order valence-corrected chi connectivity index (χ4v) is 4.35. The van der Waals surface area contributed by atoms with Gasteiger partial charge in [-0.2, -0.15) is 0 Å². The van der Waals surface area contributed by atoms with Crippen LogP contribution < -0.4 is 4.90 Å². The number of hydrogen-bond donors (Lipinski definition) is 0. The number of carbonyl (C=O) groups excluding carboxylic acids is 1. The molecule has 1 aromatic carbocycles. The first-order chi connectivity index (χ1) is 10.9. The van der Waals surface area contributed by atoms with Crippen molar-refractivity contribution < 1.29 is 4.79 Å². The van der Waals surface area contributed by atoms with Gasteiger partial charge in [0, 0.05) is 10.8 Å². The molecule has 0 spiro atoms. The zero-order chi connectivity index (χ0) is 18.4. The summed E-state index contributed by atoms with van der Waals surface area (Å²) in [6.45, 7) is 17.1. The number of anilines is 1. The van der Waals surface area contributed by atoms with Crippen molar-refractivity contribution in [3.05, 3.63) is 29.3 Å². The second kappa shape index (κ2) is 6.37. The van der Waals surface area contributed by atoms with Crippen molar-refractivity contribution in [3.63, 3.8) is 0 Å². The van der Waals surface area contributed by atoms with Crippen LogP contribution in [0.15, 0.2) is 18.2 Å². The smallest absolute Gasteiger partial charge is 0.233 e. The lowest BCUT2D eigenvalue weighted by Gasteiger charge is -2.50. The molecule has 3 heteroatoms. The highest BCUT2D eigenvalue weighted by molar-refractivity contribution is 6.26. The van der Waals surface area contributed by atoms with Crippen LogP contribution >= 0.6 is 11.6 Å². The van der Waals surface area contributed by atoms with Crippen LogP contribution in [0.1, 0.15) is 84.8 Å². The van der Waals surface area contributed by atoms with Gasteiger partial charge in [0.2, 0.25) is 5.91 Å². The first kappa shape index (κ1) is 19.3. The summed E-state index contributed by atoms with van der Waals surface area (Å²) in [6.07, 6.45) is 0.796. The Hall–Kier alpha value is -1.02. The summed E-state index contributed by atoms with van der Waals surface area (Å²) in [6, 6.07) is 6.37. The lowest BCUT2D eigenvalue weighted by atomic mass is 9.70. The molecule has 1 aliphatic rings. The molecular formula is C21H32ClNO. The quantitative estimate of drug-likeness (QED) is 0.464. The van der Waals surface area contributed by atoms with Gasteiger partial charge in [0.1, 0.15) is 5.50 Å². The van der Waals surface area contributed by atoms with Gasteiger partial charge in [-0.15, -0.1) is 0 Å².